The van der Waals surface area contributed by atoms with E-state index < -0.39 is 0 Å². The minimum Gasteiger partial charge on any atom is -0.466 e. The second-order valence-electron chi connectivity index (χ2n) is 2.44. The van der Waals surface area contributed by atoms with Crippen molar-refractivity contribution in [2.45, 2.75) is 19.4 Å². The van der Waals surface area contributed by atoms with E-state index in [2.05, 4.69) is 4.99 Å². The van der Waals surface area contributed by atoms with Gasteiger partial charge >= 0.3 is 5.97 Å². The van der Waals surface area contributed by atoms with Gasteiger partial charge in [-0.3, -0.25) is 9.79 Å². The average molecular weight is 188 g/mol. The average Bonchev–Trinajstić information content (AvgIpc) is 2.36. The number of thioether (sulfide) groups is 1. The van der Waals surface area contributed by atoms with Crippen LogP contribution < -0.4 is 5.73 Å². The molecule has 1 unspecified atom stereocenters. The van der Waals surface area contributed by atoms with Gasteiger partial charge in [0.2, 0.25) is 0 Å². The summed E-state index contributed by atoms with van der Waals surface area (Å²) >= 11 is 1.49. The summed E-state index contributed by atoms with van der Waals surface area (Å²) < 4.78 is 4.78. The molecule has 12 heavy (non-hydrogen) atoms. The summed E-state index contributed by atoms with van der Waals surface area (Å²) in [5.41, 5.74) is 5.44. The highest BCUT2D eigenvalue weighted by Gasteiger charge is 2.19. The molecular weight excluding hydrogens is 176 g/mol. The first-order chi connectivity index (χ1) is 5.72. The molecule has 1 heterocycles. The molecule has 0 aliphatic carbocycles. The lowest BCUT2D eigenvalue weighted by atomic mass is 10.2. The van der Waals surface area contributed by atoms with Gasteiger partial charge in [-0.15, -0.1) is 0 Å². The topological polar surface area (TPSA) is 64.7 Å². The molecule has 0 bridgehead atoms. The molecule has 0 aromatic heterocycles. The van der Waals surface area contributed by atoms with Crippen LogP contribution in [0.25, 0.3) is 0 Å². The maximum absolute atomic E-state index is 11.0. The van der Waals surface area contributed by atoms with Gasteiger partial charge in [0.15, 0.2) is 5.17 Å². The molecule has 0 amide bonds. The van der Waals surface area contributed by atoms with E-state index in [-0.39, 0.29) is 12.0 Å². The van der Waals surface area contributed by atoms with Crippen LogP contribution in [0.3, 0.4) is 0 Å². The van der Waals surface area contributed by atoms with Crippen molar-refractivity contribution in [3.63, 3.8) is 0 Å². The number of aliphatic imine (C=N–C) groups is 1. The van der Waals surface area contributed by atoms with Gasteiger partial charge in [0.05, 0.1) is 19.1 Å². The maximum atomic E-state index is 11.0. The Kier molecular flexibility index (Phi) is 3.40. The van der Waals surface area contributed by atoms with Crippen LogP contribution in [0.4, 0.5) is 0 Å². The van der Waals surface area contributed by atoms with Gasteiger partial charge in [-0.05, 0) is 6.92 Å². The van der Waals surface area contributed by atoms with Crippen molar-refractivity contribution < 1.29 is 9.53 Å². The first-order valence-electron chi connectivity index (χ1n) is 3.84. The quantitative estimate of drug-likeness (QED) is 0.650. The van der Waals surface area contributed by atoms with Crippen molar-refractivity contribution >= 4 is 22.9 Å². The third-order valence-corrected chi connectivity index (χ3v) is 2.39. The van der Waals surface area contributed by atoms with E-state index >= 15 is 0 Å². The number of hydrogen-bond acceptors (Lipinski definition) is 5. The van der Waals surface area contributed by atoms with Crippen molar-refractivity contribution in [3.05, 3.63) is 0 Å². The van der Waals surface area contributed by atoms with Crippen LogP contribution in [0, 0.1) is 0 Å². The Labute approximate surface area is 75.6 Å². The van der Waals surface area contributed by atoms with E-state index in [0.29, 0.717) is 18.2 Å². The molecule has 1 aliphatic rings. The zero-order valence-electron chi connectivity index (χ0n) is 6.95. The number of nitrogens with zero attached hydrogens (tertiary/aromatic N) is 1. The highest BCUT2D eigenvalue weighted by atomic mass is 32.2. The minimum atomic E-state index is -0.193. The summed E-state index contributed by atoms with van der Waals surface area (Å²) in [6.45, 7) is 2.22. The van der Waals surface area contributed by atoms with Crippen LogP contribution >= 0.6 is 11.8 Å². The molecule has 0 radical (unpaired) electrons. The molecule has 0 saturated heterocycles. The maximum Gasteiger partial charge on any atom is 0.307 e. The molecule has 68 valence electrons. The van der Waals surface area contributed by atoms with Gasteiger partial charge in [-0.2, -0.15) is 0 Å². The predicted octanol–water partition coefficient (Wildman–Crippen LogP) is 0.370. The molecule has 1 atom stereocenters. The summed E-state index contributed by atoms with van der Waals surface area (Å²) in [5, 5.41) is 0.573. The minimum absolute atomic E-state index is 0.0223. The monoisotopic (exact) mass is 188 g/mol. The smallest absolute Gasteiger partial charge is 0.307 e. The van der Waals surface area contributed by atoms with Crippen molar-refractivity contribution in [1.29, 1.82) is 0 Å². The molecular formula is C7H12N2O2S. The van der Waals surface area contributed by atoms with E-state index in [4.69, 9.17) is 10.5 Å². The normalized spacial score (nSPS) is 22.1. The molecule has 0 spiro atoms. The largest absolute Gasteiger partial charge is 0.466 e. The molecule has 0 fully saturated rings. The van der Waals surface area contributed by atoms with E-state index in [9.17, 15) is 4.79 Å². The van der Waals surface area contributed by atoms with Crippen LogP contribution in [-0.4, -0.2) is 29.5 Å². The Balaban J connectivity index is 2.28. The second kappa shape index (κ2) is 4.35. The molecule has 0 aromatic rings. The number of esters is 1. The fraction of sp³-hybridized carbons (Fsp3) is 0.714. The molecule has 2 N–H and O–H groups in total. The number of carbonyl (C=O) groups excluding carboxylic acids is 1. The Morgan fingerprint density at radius 3 is 3.17 bits per heavy atom. The van der Waals surface area contributed by atoms with Crippen LogP contribution in [0.15, 0.2) is 4.99 Å². The van der Waals surface area contributed by atoms with Gasteiger partial charge in [-0.25, -0.2) is 0 Å². The lowest BCUT2D eigenvalue weighted by molar-refractivity contribution is -0.143. The summed E-state index contributed by atoms with van der Waals surface area (Å²) in [6.07, 6.45) is 0.349. The van der Waals surface area contributed by atoms with Gasteiger partial charge < -0.3 is 10.5 Å². The Morgan fingerprint density at radius 2 is 2.67 bits per heavy atom. The van der Waals surface area contributed by atoms with Crippen molar-refractivity contribution in [2.24, 2.45) is 10.7 Å². The number of carbonyl (C=O) groups is 1. The Hall–Kier alpha value is -0.710. The fourth-order valence-electron chi connectivity index (χ4n) is 0.953. The van der Waals surface area contributed by atoms with Crippen LogP contribution in [0.5, 0.6) is 0 Å². The van der Waals surface area contributed by atoms with Crippen molar-refractivity contribution in [3.8, 4) is 0 Å². The number of rotatable bonds is 3. The zero-order chi connectivity index (χ0) is 8.97. The molecule has 0 aromatic carbocycles. The summed E-state index contributed by atoms with van der Waals surface area (Å²) in [5.74, 6) is 0.603. The van der Waals surface area contributed by atoms with Crippen LogP contribution in [-0.2, 0) is 9.53 Å². The van der Waals surface area contributed by atoms with Crippen molar-refractivity contribution in [1.82, 2.24) is 0 Å². The SMILES string of the molecule is CCOC(=O)CC1CSC(N)=N1. The first kappa shape index (κ1) is 9.38. The third kappa shape index (κ3) is 2.73. The molecule has 0 saturated carbocycles. The van der Waals surface area contributed by atoms with E-state index in [1.54, 1.807) is 6.92 Å². The molecule has 5 heteroatoms. The van der Waals surface area contributed by atoms with Gasteiger partial charge in [0.25, 0.3) is 0 Å². The second-order valence-corrected chi connectivity index (χ2v) is 3.48. The zero-order valence-corrected chi connectivity index (χ0v) is 7.76. The number of ether oxygens (including phenoxy) is 1. The van der Waals surface area contributed by atoms with E-state index in [0.717, 1.165) is 5.75 Å². The van der Waals surface area contributed by atoms with E-state index in [1.807, 2.05) is 0 Å². The highest BCUT2D eigenvalue weighted by molar-refractivity contribution is 8.14. The van der Waals surface area contributed by atoms with E-state index in [1.165, 1.54) is 11.8 Å². The van der Waals surface area contributed by atoms with Gasteiger partial charge in [-0.1, -0.05) is 11.8 Å². The fourth-order valence-corrected chi connectivity index (χ4v) is 1.73. The lowest BCUT2D eigenvalue weighted by Gasteiger charge is -2.03. The number of nitrogens with two attached hydrogens (primary N) is 1. The first-order valence-corrected chi connectivity index (χ1v) is 4.82. The van der Waals surface area contributed by atoms with Crippen LogP contribution in [0.1, 0.15) is 13.3 Å². The van der Waals surface area contributed by atoms with Gasteiger partial charge in [0.1, 0.15) is 0 Å². The molecule has 4 nitrogen and oxygen atoms in total. The molecule has 1 rings (SSSR count). The Bertz CT molecular complexity index is 206. The predicted molar refractivity (Wildman–Crippen MR) is 49.1 cm³/mol. The molecule has 1 aliphatic heterocycles. The number of hydrogen-bond donors (Lipinski definition) is 1. The van der Waals surface area contributed by atoms with Gasteiger partial charge in [0, 0.05) is 5.75 Å². The lowest BCUT2D eigenvalue weighted by Crippen LogP contribution is -2.14. The summed E-state index contributed by atoms with van der Waals surface area (Å²) in [7, 11) is 0. The van der Waals surface area contributed by atoms with Crippen LogP contribution in [0.2, 0.25) is 0 Å². The standard InChI is InChI=1S/C7H12N2O2S/c1-2-11-6(10)3-5-4-12-7(8)9-5/h5H,2-4H2,1H3,(H2,8,9). The highest BCUT2D eigenvalue weighted by Crippen LogP contribution is 2.17. The summed E-state index contributed by atoms with van der Waals surface area (Å²) in [6, 6.07) is 0.0223. The number of amidine groups is 1. The summed E-state index contributed by atoms with van der Waals surface area (Å²) in [4.78, 5) is 15.0. The Morgan fingerprint density at radius 1 is 1.92 bits per heavy atom. The third-order valence-electron chi connectivity index (χ3n) is 1.44. The van der Waals surface area contributed by atoms with Crippen molar-refractivity contribution in [2.75, 3.05) is 12.4 Å².